The molecule has 7 nitrogen and oxygen atoms in total. The summed E-state index contributed by atoms with van der Waals surface area (Å²) in [5, 5.41) is 15.9. The van der Waals surface area contributed by atoms with E-state index in [0.29, 0.717) is 0 Å². The maximum atomic E-state index is 12.9. The Balaban J connectivity index is 2.51. The second kappa shape index (κ2) is 5.84. The van der Waals surface area contributed by atoms with Crippen LogP contribution in [0.15, 0.2) is 30.6 Å². The van der Waals surface area contributed by atoms with Gasteiger partial charge in [-0.2, -0.15) is 13.2 Å². The van der Waals surface area contributed by atoms with Gasteiger partial charge in [-0.1, -0.05) is 12.1 Å². The predicted molar refractivity (Wildman–Crippen MR) is 73.0 cm³/mol. The highest BCUT2D eigenvalue weighted by molar-refractivity contribution is 5.74. The first-order valence-electron chi connectivity index (χ1n) is 5.95. The zero-order valence-electron chi connectivity index (χ0n) is 11.2. The Hall–Kier alpha value is -2.91. The molecule has 1 aromatic heterocycles. The number of aromatic nitrogens is 2. The zero-order chi connectivity index (χ0) is 16.3. The number of nitrogens with one attached hydrogen (secondary N) is 2. The fraction of sp³-hybridized carbons (Fsp3) is 0.167. The topological polar surface area (TPSA) is 93.0 Å². The molecule has 1 heterocycles. The second-order valence-corrected chi connectivity index (χ2v) is 4.09. The Morgan fingerprint density at radius 3 is 2.41 bits per heavy atom. The predicted octanol–water partition coefficient (Wildman–Crippen LogP) is 3.19. The maximum Gasteiger partial charge on any atom is 0.418 e. The van der Waals surface area contributed by atoms with E-state index in [4.69, 9.17) is 0 Å². The molecule has 0 aliphatic rings. The summed E-state index contributed by atoms with van der Waals surface area (Å²) < 4.78 is 38.8. The average molecular weight is 313 g/mol. The number of halogens is 3. The fourth-order valence-corrected chi connectivity index (χ4v) is 1.79. The van der Waals surface area contributed by atoms with E-state index in [0.717, 1.165) is 18.5 Å². The molecular weight excluding hydrogens is 303 g/mol. The molecule has 10 heteroatoms. The van der Waals surface area contributed by atoms with Crippen molar-refractivity contribution in [1.82, 2.24) is 9.97 Å². The van der Waals surface area contributed by atoms with Crippen molar-refractivity contribution in [2.24, 2.45) is 0 Å². The van der Waals surface area contributed by atoms with Crippen LogP contribution in [-0.4, -0.2) is 21.9 Å². The van der Waals surface area contributed by atoms with Crippen molar-refractivity contribution < 1.29 is 18.1 Å². The van der Waals surface area contributed by atoms with Crippen LogP contribution < -0.4 is 10.6 Å². The first-order chi connectivity index (χ1) is 10.3. The lowest BCUT2D eigenvalue weighted by molar-refractivity contribution is -0.383. The van der Waals surface area contributed by atoms with Gasteiger partial charge in [-0.05, 0) is 12.1 Å². The van der Waals surface area contributed by atoms with E-state index in [2.05, 4.69) is 20.6 Å². The summed E-state index contributed by atoms with van der Waals surface area (Å²) in [6.45, 7) is 0. The first kappa shape index (κ1) is 15.5. The van der Waals surface area contributed by atoms with Gasteiger partial charge in [0.2, 0.25) is 11.6 Å². The monoisotopic (exact) mass is 313 g/mol. The molecule has 0 bridgehead atoms. The molecule has 2 aromatic rings. The molecule has 2 N–H and O–H groups in total. The normalized spacial score (nSPS) is 11.1. The van der Waals surface area contributed by atoms with Gasteiger partial charge in [-0.3, -0.25) is 10.1 Å². The van der Waals surface area contributed by atoms with Crippen molar-refractivity contribution in [2.75, 3.05) is 17.7 Å². The summed E-state index contributed by atoms with van der Waals surface area (Å²) in [5.74, 6) is -0.437. The number of hydrogen-bond acceptors (Lipinski definition) is 6. The van der Waals surface area contributed by atoms with Gasteiger partial charge in [0.25, 0.3) is 0 Å². The van der Waals surface area contributed by atoms with Gasteiger partial charge in [0.1, 0.15) is 6.33 Å². The molecule has 1 aromatic carbocycles. The average Bonchev–Trinajstić information content (AvgIpc) is 2.46. The van der Waals surface area contributed by atoms with Crippen molar-refractivity contribution in [3.05, 3.63) is 46.3 Å². The number of alkyl halides is 3. The van der Waals surface area contributed by atoms with Gasteiger partial charge in [-0.15, -0.1) is 0 Å². The number of para-hydroxylation sites is 1. The lowest BCUT2D eigenvalue weighted by Crippen LogP contribution is -2.10. The minimum absolute atomic E-state index is 0.105. The van der Waals surface area contributed by atoms with Crippen molar-refractivity contribution in [1.29, 1.82) is 0 Å². The van der Waals surface area contributed by atoms with E-state index in [9.17, 15) is 23.3 Å². The Kier molecular flexibility index (Phi) is 4.11. The van der Waals surface area contributed by atoms with E-state index in [-0.39, 0.29) is 17.3 Å². The van der Waals surface area contributed by atoms with Gasteiger partial charge >= 0.3 is 11.9 Å². The Labute approximate surface area is 122 Å². The molecule has 0 saturated carbocycles. The van der Waals surface area contributed by atoms with Gasteiger partial charge in [0, 0.05) is 7.05 Å². The molecule has 0 radical (unpaired) electrons. The van der Waals surface area contributed by atoms with Crippen LogP contribution in [0.1, 0.15) is 5.56 Å². The molecule has 0 spiro atoms. The molecule has 0 aliphatic heterocycles. The minimum atomic E-state index is -4.60. The van der Waals surface area contributed by atoms with E-state index in [1.807, 2.05) is 0 Å². The van der Waals surface area contributed by atoms with Crippen LogP contribution in [0.4, 0.5) is 36.2 Å². The van der Waals surface area contributed by atoms with Gasteiger partial charge in [0.05, 0.1) is 16.2 Å². The molecule has 0 saturated heterocycles. The first-order valence-corrected chi connectivity index (χ1v) is 5.95. The van der Waals surface area contributed by atoms with E-state index >= 15 is 0 Å². The Bertz CT molecular complexity index is 705. The summed E-state index contributed by atoms with van der Waals surface area (Å²) in [6.07, 6.45) is -3.59. The van der Waals surface area contributed by atoms with Crippen molar-refractivity contribution in [3.63, 3.8) is 0 Å². The third kappa shape index (κ3) is 3.05. The van der Waals surface area contributed by atoms with E-state index in [1.54, 1.807) is 0 Å². The SMILES string of the molecule is CNc1ncnc(Nc2ccccc2C(F)(F)F)c1[N+](=O)[O-]. The number of rotatable bonds is 4. The van der Waals surface area contributed by atoms with Crippen molar-refractivity contribution >= 4 is 23.0 Å². The largest absolute Gasteiger partial charge is 0.418 e. The zero-order valence-corrected chi connectivity index (χ0v) is 11.2. The molecule has 22 heavy (non-hydrogen) atoms. The number of benzene rings is 1. The summed E-state index contributed by atoms with van der Waals surface area (Å²) >= 11 is 0. The summed E-state index contributed by atoms with van der Waals surface area (Å²) in [5.41, 5.74) is -1.82. The van der Waals surface area contributed by atoms with E-state index < -0.39 is 22.4 Å². The van der Waals surface area contributed by atoms with E-state index in [1.165, 1.54) is 19.2 Å². The molecule has 0 fully saturated rings. The third-order valence-electron chi connectivity index (χ3n) is 2.73. The van der Waals surface area contributed by atoms with Crippen LogP contribution in [0.3, 0.4) is 0 Å². The number of hydrogen-bond donors (Lipinski definition) is 2. The van der Waals surface area contributed by atoms with Crippen LogP contribution in [0, 0.1) is 10.1 Å². The number of anilines is 3. The Morgan fingerprint density at radius 1 is 1.18 bits per heavy atom. The maximum absolute atomic E-state index is 12.9. The highest BCUT2D eigenvalue weighted by Crippen LogP contribution is 2.37. The fourth-order valence-electron chi connectivity index (χ4n) is 1.79. The second-order valence-electron chi connectivity index (χ2n) is 4.09. The van der Waals surface area contributed by atoms with Crippen LogP contribution in [0.25, 0.3) is 0 Å². The van der Waals surface area contributed by atoms with Crippen LogP contribution in [-0.2, 0) is 6.18 Å². The molecular formula is C12H10F3N5O2. The molecule has 116 valence electrons. The standard InChI is InChI=1S/C12H10F3N5O2/c1-16-10-9(20(21)22)11(18-6-17-10)19-8-5-3-2-4-7(8)12(13,14)15/h2-6H,1H3,(H2,16,17,18,19). The van der Waals surface area contributed by atoms with Gasteiger partial charge in [0.15, 0.2) is 0 Å². The van der Waals surface area contributed by atoms with Crippen molar-refractivity contribution in [2.45, 2.75) is 6.18 Å². The number of nitrogens with zero attached hydrogens (tertiary/aromatic N) is 3. The van der Waals surface area contributed by atoms with Crippen LogP contribution in [0.5, 0.6) is 0 Å². The Morgan fingerprint density at radius 2 is 1.82 bits per heavy atom. The van der Waals surface area contributed by atoms with Crippen LogP contribution >= 0.6 is 0 Å². The van der Waals surface area contributed by atoms with Gasteiger partial charge in [-0.25, -0.2) is 9.97 Å². The lowest BCUT2D eigenvalue weighted by atomic mass is 10.1. The highest BCUT2D eigenvalue weighted by Gasteiger charge is 2.34. The van der Waals surface area contributed by atoms with Crippen LogP contribution in [0.2, 0.25) is 0 Å². The van der Waals surface area contributed by atoms with Crippen molar-refractivity contribution in [3.8, 4) is 0 Å². The number of nitro groups is 1. The minimum Gasteiger partial charge on any atom is -0.367 e. The quantitative estimate of drug-likeness (QED) is 0.665. The lowest BCUT2D eigenvalue weighted by Gasteiger charge is -2.14. The molecule has 0 unspecified atom stereocenters. The summed E-state index contributed by atoms with van der Waals surface area (Å²) in [7, 11) is 1.41. The third-order valence-corrected chi connectivity index (χ3v) is 2.73. The molecule has 2 rings (SSSR count). The molecule has 0 amide bonds. The smallest absolute Gasteiger partial charge is 0.367 e. The highest BCUT2D eigenvalue weighted by atomic mass is 19.4. The molecule has 0 atom stereocenters. The summed E-state index contributed by atoms with van der Waals surface area (Å²) in [6, 6.07) is 4.63. The molecule has 0 aliphatic carbocycles. The van der Waals surface area contributed by atoms with Gasteiger partial charge < -0.3 is 10.6 Å². The summed E-state index contributed by atoms with van der Waals surface area (Å²) in [4.78, 5) is 17.6.